The number of amides is 4. The Morgan fingerprint density at radius 3 is 2.22 bits per heavy atom. The molecule has 4 amide bonds. The minimum absolute atomic E-state index is 0.0743. The van der Waals surface area contributed by atoms with Crippen molar-refractivity contribution in [1.29, 1.82) is 0 Å². The highest BCUT2D eigenvalue weighted by molar-refractivity contribution is 5.91. The number of hydrogen-bond donors (Lipinski definition) is 5. The molecule has 2 rings (SSSR count). The third kappa shape index (κ3) is 10.7. The van der Waals surface area contributed by atoms with Gasteiger partial charge in [-0.3, -0.25) is 19.2 Å². The Kier molecular flexibility index (Phi) is 10.9. The summed E-state index contributed by atoms with van der Waals surface area (Å²) in [7, 11) is 0. The van der Waals surface area contributed by atoms with Gasteiger partial charge in [-0.05, 0) is 59.4 Å². The number of rotatable bonds is 13. The number of benzene rings is 1. The smallest absolute Gasteiger partial charge is 0.251 e. The first-order chi connectivity index (χ1) is 16.9. The van der Waals surface area contributed by atoms with E-state index in [9.17, 15) is 24.3 Å². The minimum Gasteiger partial charge on any atom is -0.381 e. The average Bonchev–Trinajstić information content (AvgIpc) is 3.62. The van der Waals surface area contributed by atoms with Crippen LogP contribution in [0.1, 0.15) is 59.4 Å². The van der Waals surface area contributed by atoms with Gasteiger partial charge in [-0.15, -0.1) is 0 Å². The fraction of sp³-hybridized carbons (Fsp3) is 0.615. The minimum atomic E-state index is -1.44. The van der Waals surface area contributed by atoms with Crippen LogP contribution in [0.15, 0.2) is 30.3 Å². The first kappa shape index (κ1) is 29.3. The Bertz CT molecular complexity index is 897. The summed E-state index contributed by atoms with van der Waals surface area (Å²) >= 11 is 0. The normalized spacial score (nSPS) is 16.7. The summed E-state index contributed by atoms with van der Waals surface area (Å²) in [5, 5.41) is 20.8. The molecule has 10 heteroatoms. The van der Waals surface area contributed by atoms with Crippen molar-refractivity contribution in [2.75, 3.05) is 6.54 Å². The molecule has 1 unspecified atom stereocenters. The zero-order valence-electron chi connectivity index (χ0n) is 21.8. The molecule has 4 atom stereocenters. The monoisotopic (exact) mass is 504 g/mol. The Morgan fingerprint density at radius 1 is 1.00 bits per heavy atom. The van der Waals surface area contributed by atoms with E-state index < -0.39 is 47.6 Å². The summed E-state index contributed by atoms with van der Waals surface area (Å²) in [6.07, 6.45) is 0.351. The molecule has 36 heavy (non-hydrogen) atoms. The molecule has 0 radical (unpaired) electrons. The number of carbonyl (C=O) groups excluding carboxylic acids is 4. The van der Waals surface area contributed by atoms with Gasteiger partial charge < -0.3 is 31.1 Å². The van der Waals surface area contributed by atoms with Crippen LogP contribution >= 0.6 is 0 Å². The highest BCUT2D eigenvalue weighted by Crippen LogP contribution is 2.19. The summed E-state index contributed by atoms with van der Waals surface area (Å²) in [6, 6.07) is 7.60. The number of aliphatic hydroxyl groups excluding tert-OH is 1. The first-order valence-electron chi connectivity index (χ1n) is 12.4. The Morgan fingerprint density at radius 2 is 1.64 bits per heavy atom. The second-order valence-corrected chi connectivity index (χ2v) is 10.3. The van der Waals surface area contributed by atoms with Crippen LogP contribution in [-0.2, 0) is 30.3 Å². The van der Waals surface area contributed by atoms with E-state index in [-0.39, 0.29) is 24.9 Å². The summed E-state index contributed by atoms with van der Waals surface area (Å²) < 4.78 is 5.88. The van der Waals surface area contributed by atoms with Gasteiger partial charge in [0, 0.05) is 12.5 Å². The van der Waals surface area contributed by atoms with Crippen molar-refractivity contribution in [3.63, 3.8) is 0 Å². The fourth-order valence-corrected chi connectivity index (χ4v) is 3.55. The molecule has 1 aliphatic rings. The molecule has 0 aliphatic heterocycles. The molecule has 1 fully saturated rings. The lowest BCUT2D eigenvalue weighted by molar-refractivity contribution is -0.139. The van der Waals surface area contributed by atoms with Gasteiger partial charge in [-0.25, -0.2) is 0 Å². The van der Waals surface area contributed by atoms with Gasteiger partial charge in [0.05, 0.1) is 24.3 Å². The van der Waals surface area contributed by atoms with Gasteiger partial charge in [-0.1, -0.05) is 30.3 Å². The number of aliphatic hydroxyl groups is 1. The van der Waals surface area contributed by atoms with Crippen LogP contribution in [0.5, 0.6) is 0 Å². The maximum Gasteiger partial charge on any atom is 0.251 e. The molecule has 5 N–H and O–H groups in total. The van der Waals surface area contributed by atoms with Gasteiger partial charge in [0.2, 0.25) is 17.7 Å². The molecule has 0 heterocycles. The molecular formula is C26H40N4O6. The van der Waals surface area contributed by atoms with Crippen LogP contribution in [0, 0.1) is 0 Å². The second kappa shape index (κ2) is 13.4. The number of nitrogens with one attached hydrogen (secondary N) is 4. The van der Waals surface area contributed by atoms with Crippen LogP contribution in [-0.4, -0.2) is 71.2 Å². The SMILES string of the molecule is C[C@H](NC(=O)[C@@H](NC(=O)CNC(=O)CCc1ccccc1)[C@@H](C)OC(C)(C)C)C(O)C(=O)NC1CC1. The molecule has 1 saturated carbocycles. The Labute approximate surface area is 212 Å². The van der Waals surface area contributed by atoms with E-state index in [2.05, 4.69) is 21.3 Å². The fourth-order valence-electron chi connectivity index (χ4n) is 3.55. The predicted octanol–water partition coefficient (Wildman–Crippen LogP) is 0.568. The van der Waals surface area contributed by atoms with Gasteiger partial charge in [0.15, 0.2) is 6.10 Å². The summed E-state index contributed by atoms with van der Waals surface area (Å²) in [5.41, 5.74) is 0.424. The zero-order chi connectivity index (χ0) is 26.9. The molecule has 0 bridgehead atoms. The zero-order valence-corrected chi connectivity index (χ0v) is 21.8. The Balaban J connectivity index is 1.92. The lowest BCUT2D eigenvalue weighted by atomic mass is 10.1. The van der Waals surface area contributed by atoms with Gasteiger partial charge >= 0.3 is 0 Å². The van der Waals surface area contributed by atoms with Crippen molar-refractivity contribution in [3.05, 3.63) is 35.9 Å². The van der Waals surface area contributed by atoms with E-state index in [0.29, 0.717) is 6.42 Å². The molecule has 1 aromatic carbocycles. The van der Waals surface area contributed by atoms with Crippen molar-refractivity contribution >= 4 is 23.6 Å². The van der Waals surface area contributed by atoms with E-state index in [4.69, 9.17) is 4.74 Å². The highest BCUT2D eigenvalue weighted by Gasteiger charge is 2.34. The van der Waals surface area contributed by atoms with Crippen molar-refractivity contribution in [1.82, 2.24) is 21.3 Å². The van der Waals surface area contributed by atoms with Crippen LogP contribution in [0.2, 0.25) is 0 Å². The third-order valence-corrected chi connectivity index (χ3v) is 5.57. The first-order valence-corrected chi connectivity index (χ1v) is 12.4. The molecule has 1 aromatic rings. The molecular weight excluding hydrogens is 464 g/mol. The largest absolute Gasteiger partial charge is 0.381 e. The molecule has 1 aliphatic carbocycles. The summed E-state index contributed by atoms with van der Waals surface area (Å²) in [4.78, 5) is 49.9. The third-order valence-electron chi connectivity index (χ3n) is 5.57. The Hall–Kier alpha value is -2.98. The van der Waals surface area contributed by atoms with Crippen molar-refractivity contribution < 1.29 is 29.0 Å². The van der Waals surface area contributed by atoms with Crippen molar-refractivity contribution in [3.8, 4) is 0 Å². The number of aryl methyl sites for hydroxylation is 1. The molecule has 200 valence electrons. The van der Waals surface area contributed by atoms with Crippen LogP contribution < -0.4 is 21.3 Å². The van der Waals surface area contributed by atoms with E-state index in [1.54, 1.807) is 6.92 Å². The second-order valence-electron chi connectivity index (χ2n) is 10.3. The number of hydrogen-bond acceptors (Lipinski definition) is 6. The van der Waals surface area contributed by atoms with E-state index >= 15 is 0 Å². The van der Waals surface area contributed by atoms with Crippen LogP contribution in [0.4, 0.5) is 0 Å². The van der Waals surface area contributed by atoms with E-state index in [0.717, 1.165) is 18.4 Å². The molecule has 10 nitrogen and oxygen atoms in total. The maximum atomic E-state index is 13.0. The quantitative estimate of drug-likeness (QED) is 0.265. The van der Waals surface area contributed by atoms with Gasteiger partial charge in [0.25, 0.3) is 5.91 Å². The van der Waals surface area contributed by atoms with E-state index in [1.165, 1.54) is 6.92 Å². The van der Waals surface area contributed by atoms with Crippen LogP contribution in [0.3, 0.4) is 0 Å². The van der Waals surface area contributed by atoms with E-state index in [1.807, 2.05) is 51.1 Å². The number of carbonyl (C=O) groups is 4. The standard InChI is InChI=1S/C26H40N4O6/c1-16(23(33)25(35)29-19-12-13-19)28-24(34)22(17(2)36-26(3,4)5)30-21(32)15-27-20(31)14-11-18-9-7-6-8-10-18/h6-10,16-17,19,22-23,33H,11-15H2,1-5H3,(H,27,31)(H,28,34)(H,29,35)(H,30,32)/t16-,17+,22-,23?/m0/s1. The van der Waals surface area contributed by atoms with Crippen molar-refractivity contribution in [2.45, 2.75) is 96.2 Å². The summed E-state index contributed by atoms with van der Waals surface area (Å²) in [5.74, 6) is -2.01. The van der Waals surface area contributed by atoms with Crippen LogP contribution in [0.25, 0.3) is 0 Å². The van der Waals surface area contributed by atoms with Gasteiger partial charge in [-0.2, -0.15) is 0 Å². The van der Waals surface area contributed by atoms with Gasteiger partial charge in [0.1, 0.15) is 6.04 Å². The number of ether oxygens (including phenoxy) is 1. The molecule has 0 saturated heterocycles. The maximum absolute atomic E-state index is 13.0. The highest BCUT2D eigenvalue weighted by atomic mass is 16.5. The lowest BCUT2D eigenvalue weighted by Crippen LogP contribution is -2.59. The summed E-state index contributed by atoms with van der Waals surface area (Å²) in [6.45, 7) is 8.32. The average molecular weight is 505 g/mol. The predicted molar refractivity (Wildman–Crippen MR) is 135 cm³/mol. The van der Waals surface area contributed by atoms with Crippen molar-refractivity contribution in [2.24, 2.45) is 0 Å². The lowest BCUT2D eigenvalue weighted by Gasteiger charge is -2.32. The molecule has 0 aromatic heterocycles. The topological polar surface area (TPSA) is 146 Å². The molecule has 0 spiro atoms.